The molecule has 2 heterocycles. The molecule has 2 aromatic heterocycles. The number of amides is 6. The van der Waals surface area contributed by atoms with Gasteiger partial charge < -0.3 is 57.6 Å². The molecule has 3 rings (SSSR count). The van der Waals surface area contributed by atoms with Gasteiger partial charge in [-0.1, -0.05) is 32.0 Å². The molecule has 0 bridgehead atoms. The third-order valence-electron chi connectivity index (χ3n) is 9.38. The Kier molecular flexibility index (Phi) is 19.4. The van der Waals surface area contributed by atoms with E-state index in [2.05, 4.69) is 41.2 Å². The molecule has 0 spiro atoms. The lowest BCUT2D eigenvalue weighted by atomic mass is 10.0. The highest BCUT2D eigenvalue weighted by molar-refractivity contribution is 7.98. The molecule has 0 saturated carbocycles. The van der Waals surface area contributed by atoms with Crippen LogP contribution in [0.5, 0.6) is 0 Å². The van der Waals surface area contributed by atoms with Crippen molar-refractivity contribution < 1.29 is 38.7 Å². The highest BCUT2D eigenvalue weighted by Gasteiger charge is 2.34. The maximum atomic E-state index is 14.9. The molecule has 0 aliphatic carbocycles. The number of carbonyl (C=O) groups excluding carboxylic acids is 6. The summed E-state index contributed by atoms with van der Waals surface area (Å²) < 4.78 is 0. The van der Waals surface area contributed by atoms with E-state index in [1.807, 2.05) is 30.5 Å². The van der Waals surface area contributed by atoms with Gasteiger partial charge in [-0.15, -0.1) is 0 Å². The lowest BCUT2D eigenvalue weighted by molar-refractivity contribution is -0.145. The van der Waals surface area contributed by atoms with Crippen LogP contribution in [0.4, 0.5) is 0 Å². The average molecular weight is 855 g/mol. The van der Waals surface area contributed by atoms with Gasteiger partial charge >= 0.3 is 5.97 Å². The third-order valence-corrected chi connectivity index (χ3v) is 10.0. The quantitative estimate of drug-likeness (QED) is 0.0305. The van der Waals surface area contributed by atoms with Gasteiger partial charge in [0.05, 0.1) is 12.9 Å². The number of carboxylic acid groups (broad SMARTS) is 1. The second-order valence-corrected chi connectivity index (χ2v) is 15.6. The lowest BCUT2D eigenvalue weighted by Crippen LogP contribution is -2.59. The summed E-state index contributed by atoms with van der Waals surface area (Å²) in [6.45, 7) is 5.21. The second kappa shape index (κ2) is 24.1. The maximum absolute atomic E-state index is 14.9. The number of aliphatic carboxylic acids is 1. The number of fused-ring (bicyclic) bond motifs is 1. The molecule has 1 aromatic carbocycles. The van der Waals surface area contributed by atoms with Crippen molar-refractivity contribution in [1.29, 1.82) is 0 Å². The van der Waals surface area contributed by atoms with E-state index >= 15 is 0 Å². The van der Waals surface area contributed by atoms with Crippen molar-refractivity contribution in [1.82, 2.24) is 46.0 Å². The molecule has 3 aromatic rings. The van der Waals surface area contributed by atoms with E-state index in [4.69, 9.17) is 11.5 Å². The number of rotatable bonds is 25. The van der Waals surface area contributed by atoms with Crippen LogP contribution in [-0.4, -0.2) is 140 Å². The number of aromatic amines is 2. The number of carbonyl (C=O) groups is 7. The number of carboxylic acids is 1. The molecule has 4 atom stereocenters. The summed E-state index contributed by atoms with van der Waals surface area (Å²) in [6.07, 6.45) is 7.55. The Labute approximate surface area is 352 Å². The summed E-state index contributed by atoms with van der Waals surface area (Å²) in [7, 11) is 0. The standard InChI is InChI=1S/C39H58N12O8S/c1-23(2)34(49-35(55)30(12-15-60-5)47-25(4)52)36(56)48-31(16-27-18-42-22-45-27)37(57)51(19-26-17-44-29-11-7-6-10-28(26)29)21-33(54)50(14-9-8-13-43-39(40)41)20-32(53)46-24(3)38(58)59/h6-7,10-11,17-18,22-24,30-31,34,44H,8-9,12-16,19-21H2,1-5H3,(H,42,45)(H,46,53)(H,47,52)(H,48,56)(H,49,55)(H,58,59)(H4,40,41,43)/t24-,30-,31?,34-/m0/s1. The molecule has 0 radical (unpaired) electrons. The number of nitrogens with one attached hydrogen (secondary N) is 6. The minimum atomic E-state index is -1.29. The van der Waals surface area contributed by atoms with Crippen LogP contribution < -0.4 is 32.7 Å². The molecule has 20 nitrogen and oxygen atoms in total. The van der Waals surface area contributed by atoms with Crippen LogP contribution in [-0.2, 0) is 46.5 Å². The molecule has 0 saturated heterocycles. The highest BCUT2D eigenvalue weighted by atomic mass is 32.2. The number of unbranched alkanes of at least 4 members (excludes halogenated alkanes) is 1. The number of hydrogen-bond donors (Lipinski definition) is 9. The number of para-hydroxylation sites is 1. The minimum absolute atomic E-state index is 0.0450. The topological polar surface area (TPSA) is 303 Å². The van der Waals surface area contributed by atoms with Crippen molar-refractivity contribution in [3.05, 3.63) is 54.2 Å². The van der Waals surface area contributed by atoms with Crippen molar-refractivity contribution in [3.63, 3.8) is 0 Å². The number of nitrogens with two attached hydrogens (primary N) is 2. The second-order valence-electron chi connectivity index (χ2n) is 14.6. The Hall–Kier alpha value is -6.12. The molecule has 6 amide bonds. The molecule has 1 unspecified atom stereocenters. The number of imidazole rings is 1. The lowest BCUT2D eigenvalue weighted by Gasteiger charge is -2.31. The van der Waals surface area contributed by atoms with Crippen LogP contribution in [0.15, 0.2) is 48.0 Å². The Balaban J connectivity index is 2.00. The van der Waals surface area contributed by atoms with Crippen molar-refractivity contribution in [3.8, 4) is 0 Å². The first-order chi connectivity index (χ1) is 28.5. The first kappa shape index (κ1) is 48.3. The van der Waals surface area contributed by atoms with Gasteiger partial charge in [0.25, 0.3) is 0 Å². The summed E-state index contributed by atoms with van der Waals surface area (Å²) in [6, 6.07) is 2.86. The minimum Gasteiger partial charge on any atom is -0.480 e. The van der Waals surface area contributed by atoms with Gasteiger partial charge in [-0.2, -0.15) is 11.8 Å². The number of guanidine groups is 1. The summed E-state index contributed by atoms with van der Waals surface area (Å²) in [5.74, 6) is -4.88. The maximum Gasteiger partial charge on any atom is 0.325 e. The van der Waals surface area contributed by atoms with Gasteiger partial charge in [-0.05, 0) is 55.7 Å². The summed E-state index contributed by atoms with van der Waals surface area (Å²) >= 11 is 1.50. The Morgan fingerprint density at radius 1 is 0.917 bits per heavy atom. The summed E-state index contributed by atoms with van der Waals surface area (Å²) in [5.41, 5.74) is 12.8. The van der Waals surface area contributed by atoms with E-state index in [9.17, 15) is 38.7 Å². The van der Waals surface area contributed by atoms with Crippen molar-refractivity contribution >= 4 is 70.0 Å². The average Bonchev–Trinajstić information content (AvgIpc) is 3.86. The number of benzene rings is 1. The molecule has 21 heteroatoms. The molecular weight excluding hydrogens is 797 g/mol. The fraction of sp³-hybridized carbons (Fsp3) is 0.513. The number of aliphatic imine (C=N–C) groups is 1. The number of aromatic nitrogens is 3. The third kappa shape index (κ3) is 15.6. The van der Waals surface area contributed by atoms with Crippen LogP contribution in [0.3, 0.4) is 0 Å². The monoisotopic (exact) mass is 854 g/mol. The Bertz CT molecular complexity index is 1950. The zero-order valence-electron chi connectivity index (χ0n) is 34.7. The summed E-state index contributed by atoms with van der Waals surface area (Å²) in [4.78, 5) is 110. The molecule has 60 heavy (non-hydrogen) atoms. The van der Waals surface area contributed by atoms with Gasteiger partial charge in [-0.25, -0.2) is 4.98 Å². The number of hydrogen-bond acceptors (Lipinski definition) is 10. The van der Waals surface area contributed by atoms with Crippen LogP contribution in [0, 0.1) is 5.92 Å². The molecule has 328 valence electrons. The van der Waals surface area contributed by atoms with Gasteiger partial charge in [0, 0.05) is 62.0 Å². The van der Waals surface area contributed by atoms with Gasteiger partial charge in [-0.3, -0.25) is 38.6 Å². The number of H-pyrrole nitrogens is 2. The fourth-order valence-corrected chi connectivity index (χ4v) is 6.69. The van der Waals surface area contributed by atoms with Crippen LogP contribution in [0.2, 0.25) is 0 Å². The van der Waals surface area contributed by atoms with Crippen LogP contribution in [0.1, 0.15) is 58.2 Å². The van der Waals surface area contributed by atoms with E-state index in [1.165, 1.54) is 47.9 Å². The molecule has 0 aliphatic rings. The van der Waals surface area contributed by atoms with Crippen molar-refractivity contribution in [2.24, 2.45) is 22.4 Å². The number of nitrogens with zero attached hydrogens (tertiary/aromatic N) is 4. The number of thioether (sulfide) groups is 1. The predicted molar refractivity (Wildman–Crippen MR) is 227 cm³/mol. The van der Waals surface area contributed by atoms with Gasteiger partial charge in [0.2, 0.25) is 35.4 Å². The Morgan fingerprint density at radius 2 is 1.65 bits per heavy atom. The van der Waals surface area contributed by atoms with Gasteiger partial charge in [0.1, 0.15) is 30.7 Å². The Morgan fingerprint density at radius 3 is 2.28 bits per heavy atom. The first-order valence-corrected chi connectivity index (χ1v) is 20.9. The molecule has 0 fully saturated rings. The van der Waals surface area contributed by atoms with E-state index in [0.29, 0.717) is 36.3 Å². The predicted octanol–water partition coefficient (Wildman–Crippen LogP) is -0.183. The van der Waals surface area contributed by atoms with E-state index in [0.717, 1.165) is 10.9 Å². The molecule has 11 N–H and O–H groups in total. The zero-order chi connectivity index (χ0) is 44.4. The van der Waals surface area contributed by atoms with Gasteiger partial charge in [0.15, 0.2) is 5.96 Å². The zero-order valence-corrected chi connectivity index (χ0v) is 35.5. The van der Waals surface area contributed by atoms with E-state index in [1.54, 1.807) is 20.0 Å². The normalized spacial score (nSPS) is 13.0. The van der Waals surface area contributed by atoms with E-state index in [-0.39, 0.29) is 32.0 Å². The summed E-state index contributed by atoms with van der Waals surface area (Å²) in [5, 5.41) is 20.7. The first-order valence-electron chi connectivity index (χ1n) is 19.5. The highest BCUT2D eigenvalue weighted by Crippen LogP contribution is 2.21. The SMILES string of the molecule is CSCC[C@H](NC(C)=O)C(=O)N[C@H](C(=O)NC(Cc1cnc[nH]1)C(=O)N(CC(=O)N(CCCCN=C(N)N)CC(=O)N[C@@H](C)C(=O)O)Cc1c[nH]c2ccccc12)C(C)C. The van der Waals surface area contributed by atoms with Crippen molar-refractivity contribution in [2.45, 2.75) is 84.1 Å². The van der Waals surface area contributed by atoms with Crippen LogP contribution in [0.25, 0.3) is 10.9 Å². The largest absolute Gasteiger partial charge is 0.480 e. The fourth-order valence-electron chi connectivity index (χ4n) is 6.22. The van der Waals surface area contributed by atoms with Crippen molar-refractivity contribution in [2.75, 3.05) is 38.2 Å². The van der Waals surface area contributed by atoms with Crippen LogP contribution >= 0.6 is 11.8 Å². The smallest absolute Gasteiger partial charge is 0.325 e. The molecule has 0 aliphatic heterocycles. The van der Waals surface area contributed by atoms with E-state index < -0.39 is 84.6 Å². The molecular formula is C39H58N12O8S.